The van der Waals surface area contributed by atoms with Gasteiger partial charge < -0.3 is 10.5 Å². The summed E-state index contributed by atoms with van der Waals surface area (Å²) in [7, 11) is 0. The molecule has 2 N–H and O–H groups in total. The Morgan fingerprint density at radius 1 is 1.31 bits per heavy atom. The van der Waals surface area contributed by atoms with Gasteiger partial charge in [0, 0.05) is 11.3 Å². The van der Waals surface area contributed by atoms with Crippen molar-refractivity contribution >= 4 is 11.8 Å². The minimum Gasteiger partial charge on any atom is -0.493 e. The highest BCUT2D eigenvalue weighted by Gasteiger charge is 1.93. The van der Waals surface area contributed by atoms with E-state index in [0.29, 0.717) is 6.54 Å². The Balaban J connectivity index is 2.39. The summed E-state index contributed by atoms with van der Waals surface area (Å²) < 4.78 is 5.57. The molecule has 16 heavy (non-hydrogen) atoms. The Bertz CT molecular complexity index is 350. The van der Waals surface area contributed by atoms with Crippen molar-refractivity contribution in [2.24, 2.45) is 5.73 Å². The van der Waals surface area contributed by atoms with Gasteiger partial charge in [-0.3, -0.25) is 0 Å². The highest BCUT2D eigenvalue weighted by molar-refractivity contribution is 7.99. The van der Waals surface area contributed by atoms with Crippen LogP contribution < -0.4 is 10.5 Å². The molecule has 0 aromatic heterocycles. The number of thioether (sulfide) groups is 1. The van der Waals surface area contributed by atoms with Gasteiger partial charge in [-0.1, -0.05) is 18.8 Å². The van der Waals surface area contributed by atoms with Gasteiger partial charge >= 0.3 is 0 Å². The summed E-state index contributed by atoms with van der Waals surface area (Å²) in [6, 6.07) is 7.78. The van der Waals surface area contributed by atoms with Crippen LogP contribution in [0.3, 0.4) is 0 Å². The van der Waals surface area contributed by atoms with Crippen LogP contribution in [0.2, 0.25) is 0 Å². The summed E-state index contributed by atoms with van der Waals surface area (Å²) in [5.41, 5.74) is 6.27. The first-order valence-corrected chi connectivity index (χ1v) is 6.52. The average Bonchev–Trinajstić information content (AvgIpc) is 2.33. The van der Waals surface area contributed by atoms with Crippen LogP contribution in [-0.4, -0.2) is 24.7 Å². The van der Waals surface area contributed by atoms with Gasteiger partial charge in [-0.25, -0.2) is 0 Å². The fraction of sp³-hybridized carbons (Fsp3) is 0.385. The van der Waals surface area contributed by atoms with Crippen molar-refractivity contribution in [2.45, 2.75) is 6.92 Å². The Morgan fingerprint density at radius 3 is 2.69 bits per heavy atom. The molecular formula is C13H17NOS. The molecule has 0 aliphatic rings. The molecule has 1 rings (SSSR count). The van der Waals surface area contributed by atoms with Gasteiger partial charge in [-0.05, 0) is 30.0 Å². The molecule has 2 nitrogen and oxygen atoms in total. The van der Waals surface area contributed by atoms with Crippen LogP contribution in [0.1, 0.15) is 12.5 Å². The predicted octanol–water partition coefficient (Wildman–Crippen LogP) is 2.13. The third kappa shape index (κ3) is 5.11. The molecule has 0 fully saturated rings. The van der Waals surface area contributed by atoms with E-state index in [-0.39, 0.29) is 0 Å². The Morgan fingerprint density at radius 2 is 2.06 bits per heavy atom. The lowest BCUT2D eigenvalue weighted by atomic mass is 10.2. The van der Waals surface area contributed by atoms with Crippen LogP contribution in [0.4, 0.5) is 0 Å². The summed E-state index contributed by atoms with van der Waals surface area (Å²) in [6.07, 6.45) is 0. The standard InChI is InChI=1S/C13H17NOS/c1-2-16-11-10-15-13-7-5-12(6-8-13)4-3-9-14/h5-8H,2,9-11,14H2,1H3. The second kappa shape index (κ2) is 8.09. The molecule has 86 valence electrons. The van der Waals surface area contributed by atoms with Crippen LogP contribution in [0.25, 0.3) is 0 Å². The quantitative estimate of drug-likeness (QED) is 0.627. The molecule has 0 aliphatic carbocycles. The minimum atomic E-state index is 0.395. The Kier molecular flexibility index (Phi) is 6.55. The second-order valence-electron chi connectivity index (χ2n) is 3.08. The zero-order valence-electron chi connectivity index (χ0n) is 9.53. The number of benzene rings is 1. The Labute approximate surface area is 102 Å². The molecule has 0 atom stereocenters. The minimum absolute atomic E-state index is 0.395. The molecule has 0 saturated heterocycles. The topological polar surface area (TPSA) is 35.2 Å². The summed E-state index contributed by atoms with van der Waals surface area (Å²) in [6.45, 7) is 3.30. The first-order valence-electron chi connectivity index (χ1n) is 5.36. The molecule has 0 bridgehead atoms. The van der Waals surface area contributed by atoms with Crippen molar-refractivity contribution in [3.8, 4) is 17.6 Å². The number of nitrogens with two attached hydrogens (primary N) is 1. The van der Waals surface area contributed by atoms with E-state index in [9.17, 15) is 0 Å². The predicted molar refractivity (Wildman–Crippen MR) is 70.9 cm³/mol. The van der Waals surface area contributed by atoms with Crippen molar-refractivity contribution in [2.75, 3.05) is 24.7 Å². The lowest BCUT2D eigenvalue weighted by Crippen LogP contribution is -2.00. The van der Waals surface area contributed by atoms with Gasteiger partial charge in [-0.15, -0.1) is 0 Å². The zero-order valence-corrected chi connectivity index (χ0v) is 10.3. The maximum Gasteiger partial charge on any atom is 0.119 e. The molecule has 0 amide bonds. The van der Waals surface area contributed by atoms with Crippen LogP contribution in [0.5, 0.6) is 5.75 Å². The highest BCUT2D eigenvalue weighted by Crippen LogP contribution is 2.12. The number of rotatable bonds is 5. The fourth-order valence-electron chi connectivity index (χ4n) is 1.15. The van der Waals surface area contributed by atoms with Crippen LogP contribution in [0, 0.1) is 11.8 Å². The van der Waals surface area contributed by atoms with Crippen LogP contribution >= 0.6 is 11.8 Å². The number of hydrogen-bond acceptors (Lipinski definition) is 3. The molecule has 0 heterocycles. The zero-order chi connectivity index (χ0) is 11.6. The largest absolute Gasteiger partial charge is 0.493 e. The van der Waals surface area contributed by atoms with Gasteiger partial charge in [0.2, 0.25) is 0 Å². The van der Waals surface area contributed by atoms with Crippen LogP contribution in [-0.2, 0) is 0 Å². The van der Waals surface area contributed by atoms with E-state index in [1.165, 1.54) is 0 Å². The van der Waals surface area contributed by atoms with Gasteiger partial charge in [-0.2, -0.15) is 11.8 Å². The van der Waals surface area contributed by atoms with E-state index >= 15 is 0 Å². The maximum absolute atomic E-state index is 5.57. The van der Waals surface area contributed by atoms with Gasteiger partial charge in [0.05, 0.1) is 13.2 Å². The molecule has 0 radical (unpaired) electrons. The monoisotopic (exact) mass is 235 g/mol. The molecule has 0 unspecified atom stereocenters. The van der Waals surface area contributed by atoms with E-state index < -0.39 is 0 Å². The third-order valence-electron chi connectivity index (χ3n) is 1.89. The normalized spacial score (nSPS) is 9.38. The average molecular weight is 235 g/mol. The second-order valence-corrected chi connectivity index (χ2v) is 4.47. The van der Waals surface area contributed by atoms with Gasteiger partial charge in [0.25, 0.3) is 0 Å². The van der Waals surface area contributed by atoms with Crippen molar-refractivity contribution in [3.05, 3.63) is 29.8 Å². The molecule has 3 heteroatoms. The molecule has 0 aliphatic heterocycles. The van der Waals surface area contributed by atoms with E-state index in [1.807, 2.05) is 36.0 Å². The molecular weight excluding hydrogens is 218 g/mol. The molecule has 0 spiro atoms. The van der Waals surface area contributed by atoms with E-state index in [0.717, 1.165) is 29.4 Å². The van der Waals surface area contributed by atoms with Gasteiger partial charge in [0.1, 0.15) is 5.75 Å². The first-order chi connectivity index (χ1) is 7.86. The first kappa shape index (κ1) is 13.0. The van der Waals surface area contributed by atoms with E-state index in [1.54, 1.807) is 0 Å². The van der Waals surface area contributed by atoms with Crippen LogP contribution in [0.15, 0.2) is 24.3 Å². The van der Waals surface area contributed by atoms with Crippen molar-refractivity contribution < 1.29 is 4.74 Å². The summed E-state index contributed by atoms with van der Waals surface area (Å²) >= 11 is 1.88. The SMILES string of the molecule is CCSCCOc1ccc(C#CCN)cc1. The highest BCUT2D eigenvalue weighted by atomic mass is 32.2. The fourth-order valence-corrected chi connectivity index (χ4v) is 1.64. The smallest absolute Gasteiger partial charge is 0.119 e. The Hall–Kier alpha value is -1.11. The lowest BCUT2D eigenvalue weighted by Gasteiger charge is -2.04. The van der Waals surface area contributed by atoms with Crippen molar-refractivity contribution in [1.29, 1.82) is 0 Å². The number of hydrogen-bond donors (Lipinski definition) is 1. The summed E-state index contributed by atoms with van der Waals surface area (Å²) in [5.74, 6) is 8.86. The van der Waals surface area contributed by atoms with E-state index in [4.69, 9.17) is 10.5 Å². The van der Waals surface area contributed by atoms with Gasteiger partial charge in [0.15, 0.2) is 0 Å². The molecule has 0 saturated carbocycles. The van der Waals surface area contributed by atoms with E-state index in [2.05, 4.69) is 18.8 Å². The summed E-state index contributed by atoms with van der Waals surface area (Å²) in [4.78, 5) is 0. The molecule has 1 aromatic rings. The maximum atomic E-state index is 5.57. The summed E-state index contributed by atoms with van der Waals surface area (Å²) in [5, 5.41) is 0. The van der Waals surface area contributed by atoms with Crippen molar-refractivity contribution in [3.63, 3.8) is 0 Å². The third-order valence-corrected chi connectivity index (χ3v) is 2.75. The lowest BCUT2D eigenvalue weighted by molar-refractivity contribution is 0.344. The number of ether oxygens (including phenoxy) is 1. The molecule has 1 aromatic carbocycles. The van der Waals surface area contributed by atoms with Crippen molar-refractivity contribution in [1.82, 2.24) is 0 Å².